The van der Waals surface area contributed by atoms with E-state index in [4.69, 9.17) is 20.8 Å². The lowest BCUT2D eigenvalue weighted by Gasteiger charge is -2.12. The maximum atomic E-state index is 12.1. The average Bonchev–Trinajstić information content (AvgIpc) is 3.02. The lowest BCUT2D eigenvalue weighted by Crippen LogP contribution is -2.43. The molecule has 0 aliphatic rings. The Morgan fingerprint density at radius 2 is 1.81 bits per heavy atom. The Morgan fingerprint density at radius 3 is 2.54 bits per heavy atom. The molecular weight excluding hydrogens is 356 g/mol. The monoisotopic (exact) mass is 372 g/mol. The minimum absolute atomic E-state index is 0.0678. The summed E-state index contributed by atoms with van der Waals surface area (Å²) < 4.78 is 11.0. The van der Waals surface area contributed by atoms with Crippen LogP contribution in [0.15, 0.2) is 46.9 Å². The van der Waals surface area contributed by atoms with Crippen LogP contribution in [-0.4, -0.2) is 18.4 Å². The molecule has 0 saturated carbocycles. The third kappa shape index (κ3) is 3.97. The number of aryl methyl sites for hydroxylation is 2. The minimum Gasteiger partial charge on any atom is -0.483 e. The standard InChI is InChI=1S/C19H17ClN2O4/c1-11-4-3-5-12(2)18(11)25-10-17(23)21-22-19(24)16-9-13-8-14(20)6-7-15(13)26-16/h3-9H,10H2,1-2H3,(H,21,23)(H,22,24). The number of halogens is 1. The first-order valence-electron chi connectivity index (χ1n) is 7.91. The molecule has 26 heavy (non-hydrogen) atoms. The molecule has 134 valence electrons. The fourth-order valence-corrected chi connectivity index (χ4v) is 2.70. The number of nitrogens with one attached hydrogen (secondary N) is 2. The second kappa shape index (κ2) is 7.49. The van der Waals surface area contributed by atoms with Crippen molar-refractivity contribution < 1.29 is 18.7 Å². The molecule has 0 bridgehead atoms. The first-order valence-corrected chi connectivity index (χ1v) is 8.29. The van der Waals surface area contributed by atoms with Gasteiger partial charge in [0.25, 0.3) is 5.91 Å². The maximum Gasteiger partial charge on any atom is 0.305 e. The topological polar surface area (TPSA) is 80.6 Å². The summed E-state index contributed by atoms with van der Waals surface area (Å²) in [4.78, 5) is 24.0. The zero-order valence-corrected chi connectivity index (χ0v) is 15.0. The highest BCUT2D eigenvalue weighted by Crippen LogP contribution is 2.23. The fraction of sp³-hybridized carbons (Fsp3) is 0.158. The van der Waals surface area contributed by atoms with Gasteiger partial charge in [0.2, 0.25) is 0 Å². The van der Waals surface area contributed by atoms with Crippen molar-refractivity contribution >= 4 is 34.4 Å². The number of fused-ring (bicyclic) bond motifs is 1. The van der Waals surface area contributed by atoms with Gasteiger partial charge in [-0.15, -0.1) is 0 Å². The lowest BCUT2D eigenvalue weighted by atomic mass is 10.1. The summed E-state index contributed by atoms with van der Waals surface area (Å²) in [6, 6.07) is 12.3. The summed E-state index contributed by atoms with van der Waals surface area (Å²) in [5.74, 6) is -0.334. The number of benzene rings is 2. The van der Waals surface area contributed by atoms with E-state index in [-0.39, 0.29) is 12.4 Å². The number of carbonyl (C=O) groups excluding carboxylic acids is 2. The second-order valence-corrected chi connectivity index (χ2v) is 6.24. The van der Waals surface area contributed by atoms with Crippen LogP contribution in [0.5, 0.6) is 5.75 Å². The highest BCUT2D eigenvalue weighted by molar-refractivity contribution is 6.31. The van der Waals surface area contributed by atoms with Crippen LogP contribution in [0.3, 0.4) is 0 Å². The predicted molar refractivity (Wildman–Crippen MR) is 98.2 cm³/mol. The Hall–Kier alpha value is -2.99. The summed E-state index contributed by atoms with van der Waals surface area (Å²) in [6.45, 7) is 3.58. The van der Waals surface area contributed by atoms with Crippen LogP contribution in [0, 0.1) is 13.8 Å². The second-order valence-electron chi connectivity index (χ2n) is 5.80. The summed E-state index contributed by atoms with van der Waals surface area (Å²) in [5.41, 5.74) is 6.99. The van der Waals surface area contributed by atoms with Crippen molar-refractivity contribution in [2.75, 3.05) is 6.61 Å². The molecule has 7 heteroatoms. The SMILES string of the molecule is Cc1cccc(C)c1OCC(=O)NNC(=O)c1cc2cc(Cl)ccc2o1. The molecule has 0 spiro atoms. The van der Waals surface area contributed by atoms with E-state index in [1.165, 1.54) is 0 Å². The van der Waals surface area contributed by atoms with Gasteiger partial charge in [-0.05, 0) is 49.2 Å². The van der Waals surface area contributed by atoms with Gasteiger partial charge in [-0.2, -0.15) is 0 Å². The first kappa shape index (κ1) is 17.8. The van der Waals surface area contributed by atoms with Crippen molar-refractivity contribution in [1.29, 1.82) is 0 Å². The van der Waals surface area contributed by atoms with Crippen LogP contribution in [0.4, 0.5) is 0 Å². The van der Waals surface area contributed by atoms with Crippen molar-refractivity contribution in [3.05, 3.63) is 64.4 Å². The van der Waals surface area contributed by atoms with E-state index in [9.17, 15) is 9.59 Å². The van der Waals surface area contributed by atoms with Gasteiger partial charge in [0, 0.05) is 10.4 Å². The van der Waals surface area contributed by atoms with Crippen molar-refractivity contribution in [1.82, 2.24) is 10.9 Å². The van der Waals surface area contributed by atoms with Crippen molar-refractivity contribution in [3.8, 4) is 5.75 Å². The molecule has 0 radical (unpaired) electrons. The molecule has 2 amide bonds. The summed E-state index contributed by atoms with van der Waals surface area (Å²) in [6.07, 6.45) is 0. The molecule has 0 unspecified atom stereocenters. The number of furan rings is 1. The van der Waals surface area contributed by atoms with E-state index in [1.807, 2.05) is 32.0 Å². The van der Waals surface area contributed by atoms with Gasteiger partial charge in [-0.1, -0.05) is 29.8 Å². The van der Waals surface area contributed by atoms with Gasteiger partial charge in [0.1, 0.15) is 11.3 Å². The summed E-state index contributed by atoms with van der Waals surface area (Å²) >= 11 is 5.90. The Kier molecular flexibility index (Phi) is 5.14. The highest BCUT2D eigenvalue weighted by Gasteiger charge is 2.14. The molecule has 0 atom stereocenters. The highest BCUT2D eigenvalue weighted by atomic mass is 35.5. The van der Waals surface area contributed by atoms with E-state index in [2.05, 4.69) is 10.9 Å². The molecule has 2 N–H and O–H groups in total. The minimum atomic E-state index is -0.572. The zero-order chi connectivity index (χ0) is 18.7. The molecule has 0 fully saturated rings. The lowest BCUT2D eigenvalue weighted by molar-refractivity contribution is -0.123. The Balaban J connectivity index is 1.55. The number of hydrazine groups is 1. The third-order valence-corrected chi connectivity index (χ3v) is 4.01. The number of para-hydroxylation sites is 1. The van der Waals surface area contributed by atoms with Crippen LogP contribution in [0.2, 0.25) is 5.02 Å². The van der Waals surface area contributed by atoms with E-state index in [1.54, 1.807) is 24.3 Å². The molecule has 0 aliphatic heterocycles. The number of rotatable bonds is 4. The normalized spacial score (nSPS) is 10.6. The predicted octanol–water partition coefficient (Wildman–Crippen LogP) is 3.54. The van der Waals surface area contributed by atoms with Crippen LogP contribution in [0.1, 0.15) is 21.7 Å². The van der Waals surface area contributed by atoms with E-state index >= 15 is 0 Å². The zero-order valence-electron chi connectivity index (χ0n) is 14.3. The number of hydrogen-bond acceptors (Lipinski definition) is 4. The van der Waals surface area contributed by atoms with Crippen LogP contribution in [0.25, 0.3) is 11.0 Å². The van der Waals surface area contributed by atoms with Crippen molar-refractivity contribution in [3.63, 3.8) is 0 Å². The molecule has 3 rings (SSSR count). The average molecular weight is 373 g/mol. The maximum absolute atomic E-state index is 12.1. The molecular formula is C19H17ClN2O4. The molecule has 6 nitrogen and oxygen atoms in total. The fourth-order valence-electron chi connectivity index (χ4n) is 2.51. The Labute approximate surface area is 155 Å². The first-order chi connectivity index (χ1) is 12.4. The molecule has 0 saturated heterocycles. The van der Waals surface area contributed by atoms with Gasteiger partial charge in [-0.25, -0.2) is 0 Å². The van der Waals surface area contributed by atoms with Crippen LogP contribution in [-0.2, 0) is 4.79 Å². The number of amides is 2. The molecule has 1 heterocycles. The molecule has 2 aromatic carbocycles. The molecule has 0 aliphatic carbocycles. The van der Waals surface area contributed by atoms with E-state index in [0.29, 0.717) is 21.7 Å². The van der Waals surface area contributed by atoms with Crippen molar-refractivity contribution in [2.24, 2.45) is 0 Å². The number of carbonyl (C=O) groups is 2. The van der Waals surface area contributed by atoms with Gasteiger partial charge in [0.15, 0.2) is 12.4 Å². The Bertz CT molecular complexity index is 961. The van der Waals surface area contributed by atoms with Gasteiger partial charge in [0.05, 0.1) is 0 Å². The van der Waals surface area contributed by atoms with Gasteiger partial charge < -0.3 is 9.15 Å². The number of hydrogen-bond donors (Lipinski definition) is 2. The van der Waals surface area contributed by atoms with Crippen molar-refractivity contribution in [2.45, 2.75) is 13.8 Å². The third-order valence-electron chi connectivity index (χ3n) is 3.77. The quantitative estimate of drug-likeness (QED) is 0.686. The smallest absolute Gasteiger partial charge is 0.305 e. The number of ether oxygens (including phenoxy) is 1. The van der Waals surface area contributed by atoms with Crippen LogP contribution < -0.4 is 15.6 Å². The largest absolute Gasteiger partial charge is 0.483 e. The Morgan fingerprint density at radius 1 is 1.08 bits per heavy atom. The summed E-state index contributed by atoms with van der Waals surface area (Å²) in [5, 5.41) is 1.24. The van der Waals surface area contributed by atoms with Crippen LogP contribution >= 0.6 is 11.6 Å². The van der Waals surface area contributed by atoms with Gasteiger partial charge in [-0.3, -0.25) is 20.4 Å². The van der Waals surface area contributed by atoms with E-state index in [0.717, 1.165) is 11.1 Å². The summed E-state index contributed by atoms with van der Waals surface area (Å²) in [7, 11) is 0. The molecule has 3 aromatic rings. The molecule has 1 aromatic heterocycles. The van der Waals surface area contributed by atoms with Gasteiger partial charge >= 0.3 is 5.91 Å². The van der Waals surface area contributed by atoms with E-state index < -0.39 is 11.8 Å².